The summed E-state index contributed by atoms with van der Waals surface area (Å²) < 4.78 is 1.66. The normalized spacial score (nSPS) is 18.1. The Morgan fingerprint density at radius 1 is 1.18 bits per heavy atom. The van der Waals surface area contributed by atoms with Crippen LogP contribution in [-0.2, 0) is 22.4 Å². The first-order chi connectivity index (χ1) is 16.4. The number of carbonyl (C=O) groups is 2. The Morgan fingerprint density at radius 3 is 2.71 bits per heavy atom. The number of hydrogen-bond acceptors (Lipinski definition) is 6. The van der Waals surface area contributed by atoms with Crippen LogP contribution < -0.4 is 11.3 Å². The zero-order chi connectivity index (χ0) is 23.8. The molecule has 1 fully saturated rings. The number of fused-ring (bicyclic) bond motifs is 3. The van der Waals surface area contributed by atoms with E-state index in [4.69, 9.17) is 10.7 Å². The van der Waals surface area contributed by atoms with Gasteiger partial charge in [0.2, 0.25) is 11.8 Å². The number of piperidine rings is 1. The summed E-state index contributed by atoms with van der Waals surface area (Å²) in [7, 11) is 0. The molecule has 2 N–H and O–H groups in total. The number of likely N-dealkylation sites (tertiary alicyclic amines) is 1. The Morgan fingerprint density at radius 2 is 1.94 bits per heavy atom. The number of primary amides is 1. The number of thioether (sulfide) groups is 1. The summed E-state index contributed by atoms with van der Waals surface area (Å²) in [4.78, 5) is 47.0. The molecule has 1 saturated heterocycles. The van der Waals surface area contributed by atoms with E-state index in [1.165, 1.54) is 16.6 Å². The average molecular weight is 497 g/mol. The molecule has 0 radical (unpaired) electrons. The second-order valence-electron chi connectivity index (χ2n) is 9.13. The molecule has 2 amide bonds. The molecule has 34 heavy (non-hydrogen) atoms. The van der Waals surface area contributed by atoms with E-state index in [0.717, 1.165) is 65.6 Å². The molecule has 1 aliphatic carbocycles. The maximum absolute atomic E-state index is 13.8. The first-order valence-electron chi connectivity index (χ1n) is 11.8. The Balaban J connectivity index is 1.50. The van der Waals surface area contributed by atoms with Crippen LogP contribution in [0.25, 0.3) is 15.9 Å². The van der Waals surface area contributed by atoms with E-state index in [2.05, 4.69) is 0 Å². The minimum atomic E-state index is -0.354. The topological polar surface area (TPSA) is 98.3 Å². The van der Waals surface area contributed by atoms with Crippen LogP contribution in [0.1, 0.15) is 41.7 Å². The van der Waals surface area contributed by atoms with Gasteiger partial charge in [0.05, 0.1) is 22.7 Å². The number of aromatic nitrogens is 2. The van der Waals surface area contributed by atoms with Gasteiger partial charge < -0.3 is 10.6 Å². The lowest BCUT2D eigenvalue weighted by molar-refractivity contribution is -0.132. The van der Waals surface area contributed by atoms with Crippen LogP contribution >= 0.6 is 23.1 Å². The minimum Gasteiger partial charge on any atom is -0.369 e. The molecule has 2 aliphatic rings. The number of aryl methyl sites for hydroxylation is 3. The monoisotopic (exact) mass is 496 g/mol. The van der Waals surface area contributed by atoms with Crippen molar-refractivity contribution >= 4 is 45.1 Å². The zero-order valence-corrected chi connectivity index (χ0v) is 20.8. The number of nitrogens with zero attached hydrogens (tertiary/aromatic N) is 3. The maximum Gasteiger partial charge on any atom is 0.267 e. The smallest absolute Gasteiger partial charge is 0.267 e. The molecule has 9 heteroatoms. The summed E-state index contributed by atoms with van der Waals surface area (Å²) in [6.07, 6.45) is 5.64. The summed E-state index contributed by atoms with van der Waals surface area (Å²) >= 11 is 2.90. The molecule has 1 unspecified atom stereocenters. The molecule has 0 bridgehead atoms. The Hall–Kier alpha value is -2.65. The third-order valence-electron chi connectivity index (χ3n) is 6.75. The van der Waals surface area contributed by atoms with Gasteiger partial charge in [0.15, 0.2) is 5.16 Å². The molecule has 5 rings (SSSR count). The van der Waals surface area contributed by atoms with Gasteiger partial charge in [0, 0.05) is 18.0 Å². The van der Waals surface area contributed by atoms with Crippen LogP contribution in [0.4, 0.5) is 0 Å². The van der Waals surface area contributed by atoms with Gasteiger partial charge in [-0.2, -0.15) is 0 Å². The predicted molar refractivity (Wildman–Crippen MR) is 136 cm³/mol. The molecular weight excluding hydrogens is 468 g/mol. The highest BCUT2D eigenvalue weighted by molar-refractivity contribution is 7.99. The van der Waals surface area contributed by atoms with E-state index in [0.29, 0.717) is 18.2 Å². The highest BCUT2D eigenvalue weighted by Crippen LogP contribution is 2.35. The second-order valence-corrected chi connectivity index (χ2v) is 11.2. The first-order valence-corrected chi connectivity index (χ1v) is 13.6. The number of carbonyl (C=O) groups excluding carboxylic acids is 2. The maximum atomic E-state index is 13.8. The molecule has 0 saturated carbocycles. The molecule has 1 aromatic carbocycles. The third-order valence-corrected chi connectivity index (χ3v) is 8.86. The standard InChI is InChI=1S/C25H28N4O3S2/c1-15-8-10-17(11-9-15)29-24(32)21-18-6-2-3-7-19(18)34-23(21)27-25(29)33-14-20(30)28-12-4-5-16(13-28)22(26)31/h8-11,16H,2-7,12-14H2,1H3,(H2,26,31). The molecule has 0 spiro atoms. The van der Waals surface area contributed by atoms with Crippen molar-refractivity contribution in [2.24, 2.45) is 11.7 Å². The number of hydrogen-bond donors (Lipinski definition) is 1. The van der Waals surface area contributed by atoms with Crippen molar-refractivity contribution in [1.29, 1.82) is 0 Å². The lowest BCUT2D eigenvalue weighted by Gasteiger charge is -2.31. The van der Waals surface area contributed by atoms with Crippen LogP contribution in [-0.4, -0.2) is 45.1 Å². The van der Waals surface area contributed by atoms with Crippen molar-refractivity contribution in [1.82, 2.24) is 14.5 Å². The number of thiophene rings is 1. The molecule has 7 nitrogen and oxygen atoms in total. The fourth-order valence-corrected chi connectivity index (χ4v) is 7.08. The van der Waals surface area contributed by atoms with Crippen molar-refractivity contribution in [2.45, 2.75) is 50.6 Å². The molecule has 2 aromatic heterocycles. The van der Waals surface area contributed by atoms with Gasteiger partial charge in [-0.25, -0.2) is 4.98 Å². The van der Waals surface area contributed by atoms with E-state index in [1.807, 2.05) is 31.2 Å². The van der Waals surface area contributed by atoms with Crippen molar-refractivity contribution in [3.63, 3.8) is 0 Å². The number of amides is 2. The van der Waals surface area contributed by atoms with Crippen LogP contribution in [0.15, 0.2) is 34.2 Å². The quantitative estimate of drug-likeness (QED) is 0.431. The second kappa shape index (κ2) is 9.54. The number of nitrogens with two attached hydrogens (primary N) is 1. The average Bonchev–Trinajstić information content (AvgIpc) is 3.22. The van der Waals surface area contributed by atoms with E-state index in [1.54, 1.807) is 20.8 Å². The molecule has 1 aliphatic heterocycles. The van der Waals surface area contributed by atoms with Gasteiger partial charge in [-0.3, -0.25) is 19.0 Å². The highest BCUT2D eigenvalue weighted by atomic mass is 32.2. The van der Waals surface area contributed by atoms with E-state index < -0.39 is 0 Å². The van der Waals surface area contributed by atoms with Gasteiger partial charge in [0.1, 0.15) is 4.83 Å². The van der Waals surface area contributed by atoms with Crippen LogP contribution in [0.3, 0.4) is 0 Å². The van der Waals surface area contributed by atoms with E-state index in [9.17, 15) is 14.4 Å². The summed E-state index contributed by atoms with van der Waals surface area (Å²) in [6, 6.07) is 7.81. The number of benzene rings is 1. The fraction of sp³-hybridized carbons (Fsp3) is 0.440. The Labute approximate surface area is 206 Å². The molecular formula is C25H28N4O3S2. The lowest BCUT2D eigenvalue weighted by atomic mass is 9.97. The summed E-state index contributed by atoms with van der Waals surface area (Å²) in [5.74, 6) is -0.556. The minimum absolute atomic E-state index is 0.0602. The van der Waals surface area contributed by atoms with Crippen molar-refractivity contribution < 1.29 is 9.59 Å². The predicted octanol–water partition coefficient (Wildman–Crippen LogP) is 3.45. The van der Waals surface area contributed by atoms with Crippen molar-refractivity contribution in [2.75, 3.05) is 18.8 Å². The van der Waals surface area contributed by atoms with Crippen LogP contribution in [0.2, 0.25) is 0 Å². The van der Waals surface area contributed by atoms with Crippen molar-refractivity contribution in [3.8, 4) is 5.69 Å². The molecule has 3 aromatic rings. The van der Waals surface area contributed by atoms with Gasteiger partial charge in [-0.05, 0) is 63.1 Å². The largest absolute Gasteiger partial charge is 0.369 e. The lowest BCUT2D eigenvalue weighted by Crippen LogP contribution is -2.44. The summed E-state index contributed by atoms with van der Waals surface area (Å²) in [5.41, 5.74) is 8.43. The molecule has 1 atom stereocenters. The third kappa shape index (κ3) is 4.38. The van der Waals surface area contributed by atoms with Gasteiger partial charge in [-0.15, -0.1) is 11.3 Å². The Bertz CT molecular complexity index is 1310. The van der Waals surface area contributed by atoms with Crippen LogP contribution in [0, 0.1) is 12.8 Å². The van der Waals surface area contributed by atoms with E-state index >= 15 is 0 Å². The molecule has 3 heterocycles. The van der Waals surface area contributed by atoms with E-state index in [-0.39, 0.29) is 29.0 Å². The van der Waals surface area contributed by atoms with Crippen molar-refractivity contribution in [3.05, 3.63) is 50.6 Å². The molecule has 178 valence electrons. The van der Waals surface area contributed by atoms with Gasteiger partial charge in [-0.1, -0.05) is 29.5 Å². The summed E-state index contributed by atoms with van der Waals surface area (Å²) in [5, 5.41) is 1.26. The van der Waals surface area contributed by atoms with Gasteiger partial charge >= 0.3 is 0 Å². The SMILES string of the molecule is Cc1ccc(-n2c(SCC(=O)N3CCCC(C(N)=O)C3)nc3sc4c(c3c2=O)CCCC4)cc1. The van der Waals surface area contributed by atoms with Crippen LogP contribution in [0.5, 0.6) is 0 Å². The highest BCUT2D eigenvalue weighted by Gasteiger charge is 2.28. The summed E-state index contributed by atoms with van der Waals surface area (Å²) in [6.45, 7) is 3.00. The number of rotatable bonds is 5. The Kier molecular flexibility index (Phi) is 6.48. The van der Waals surface area contributed by atoms with Gasteiger partial charge in [0.25, 0.3) is 5.56 Å². The zero-order valence-electron chi connectivity index (χ0n) is 19.2. The fourth-order valence-electron chi connectivity index (χ4n) is 4.86. The first kappa shape index (κ1) is 23.1.